The third kappa shape index (κ3) is 5.46. The molecule has 3 heterocycles. The maximum Gasteiger partial charge on any atom is 0.236 e. The first kappa shape index (κ1) is 21.4. The fourth-order valence-electron chi connectivity index (χ4n) is 2.96. The summed E-state index contributed by atoms with van der Waals surface area (Å²) in [5.41, 5.74) is 1.64. The molecule has 2 aromatic heterocycles. The predicted molar refractivity (Wildman–Crippen MR) is 122 cm³/mol. The largest absolute Gasteiger partial charge is 0.312 e. The van der Waals surface area contributed by atoms with Crippen LogP contribution in [0.2, 0.25) is 0 Å². The third-order valence-corrected chi connectivity index (χ3v) is 7.24. The van der Waals surface area contributed by atoms with E-state index in [2.05, 4.69) is 25.8 Å². The van der Waals surface area contributed by atoms with Gasteiger partial charge in [-0.2, -0.15) is 0 Å². The standard InChI is InChI=1S/C19H18N6O3S3/c1-11-9-29-17(20-11)21-14(26)10-30-19-24-23-18(31-19)22-16(28)12-7-15(27)25(8-12)13-5-3-2-4-6-13/h2-6,9,12H,7-8,10H2,1H3,(H,20,21,26)(H,22,23,28)/t12-/m0/s1. The van der Waals surface area contributed by atoms with Gasteiger partial charge in [-0.05, 0) is 19.1 Å². The number of anilines is 3. The number of amides is 3. The average Bonchev–Trinajstić information content (AvgIpc) is 3.47. The molecule has 1 aliphatic heterocycles. The van der Waals surface area contributed by atoms with Crippen LogP contribution in [0.15, 0.2) is 40.1 Å². The minimum atomic E-state index is -0.458. The molecule has 1 aromatic carbocycles. The van der Waals surface area contributed by atoms with Crippen molar-refractivity contribution < 1.29 is 14.4 Å². The maximum absolute atomic E-state index is 12.6. The van der Waals surface area contributed by atoms with Gasteiger partial charge in [0.2, 0.25) is 22.9 Å². The molecular formula is C19H18N6O3S3. The molecular weight excluding hydrogens is 456 g/mol. The van der Waals surface area contributed by atoms with E-state index in [1.807, 2.05) is 42.6 Å². The zero-order valence-corrected chi connectivity index (χ0v) is 18.9. The number of nitrogens with one attached hydrogen (secondary N) is 2. The molecule has 3 aromatic rings. The molecule has 2 N–H and O–H groups in total. The number of para-hydroxylation sites is 1. The Morgan fingerprint density at radius 3 is 2.74 bits per heavy atom. The van der Waals surface area contributed by atoms with Crippen LogP contribution in [0, 0.1) is 12.8 Å². The topological polar surface area (TPSA) is 117 Å². The van der Waals surface area contributed by atoms with Crippen LogP contribution < -0.4 is 15.5 Å². The Kier molecular flexibility index (Phi) is 6.59. The van der Waals surface area contributed by atoms with Crippen LogP contribution in [0.1, 0.15) is 12.1 Å². The molecule has 9 nitrogen and oxygen atoms in total. The van der Waals surface area contributed by atoms with Gasteiger partial charge in [0.25, 0.3) is 0 Å². The molecule has 0 spiro atoms. The van der Waals surface area contributed by atoms with Gasteiger partial charge in [-0.1, -0.05) is 41.3 Å². The van der Waals surface area contributed by atoms with E-state index >= 15 is 0 Å². The van der Waals surface area contributed by atoms with E-state index in [0.29, 0.717) is 21.1 Å². The van der Waals surface area contributed by atoms with Crippen molar-refractivity contribution >= 4 is 68.1 Å². The summed E-state index contributed by atoms with van der Waals surface area (Å²) in [5.74, 6) is -0.840. The van der Waals surface area contributed by atoms with Crippen molar-refractivity contribution in [3.05, 3.63) is 41.4 Å². The van der Waals surface area contributed by atoms with Gasteiger partial charge in [0.1, 0.15) is 0 Å². The molecule has 1 aliphatic rings. The van der Waals surface area contributed by atoms with E-state index in [4.69, 9.17) is 0 Å². The number of benzene rings is 1. The second-order valence-electron chi connectivity index (χ2n) is 6.73. The number of thioether (sulfide) groups is 1. The summed E-state index contributed by atoms with van der Waals surface area (Å²) in [6, 6.07) is 9.28. The van der Waals surface area contributed by atoms with Gasteiger partial charge < -0.3 is 15.5 Å². The summed E-state index contributed by atoms with van der Waals surface area (Å²) < 4.78 is 0.564. The molecule has 3 amide bonds. The van der Waals surface area contributed by atoms with Gasteiger partial charge in [-0.15, -0.1) is 21.5 Å². The van der Waals surface area contributed by atoms with Gasteiger partial charge >= 0.3 is 0 Å². The molecule has 0 saturated carbocycles. The van der Waals surface area contributed by atoms with Gasteiger partial charge in [-0.3, -0.25) is 14.4 Å². The average molecular weight is 475 g/mol. The van der Waals surface area contributed by atoms with Crippen LogP contribution in [0.3, 0.4) is 0 Å². The molecule has 0 aliphatic carbocycles. The second-order valence-corrected chi connectivity index (χ2v) is 9.79. The van der Waals surface area contributed by atoms with Crippen molar-refractivity contribution in [1.82, 2.24) is 15.2 Å². The summed E-state index contributed by atoms with van der Waals surface area (Å²) in [5, 5.41) is 16.2. The van der Waals surface area contributed by atoms with E-state index in [1.165, 1.54) is 34.4 Å². The lowest BCUT2D eigenvalue weighted by molar-refractivity contribution is -0.122. The molecule has 1 atom stereocenters. The van der Waals surface area contributed by atoms with Crippen LogP contribution in [-0.2, 0) is 14.4 Å². The highest BCUT2D eigenvalue weighted by Crippen LogP contribution is 2.28. The molecule has 0 unspecified atom stereocenters. The number of thiazole rings is 1. The van der Waals surface area contributed by atoms with Crippen molar-refractivity contribution in [2.45, 2.75) is 17.7 Å². The predicted octanol–water partition coefficient (Wildman–Crippen LogP) is 3.03. The summed E-state index contributed by atoms with van der Waals surface area (Å²) in [6.45, 7) is 2.18. The van der Waals surface area contributed by atoms with Crippen LogP contribution in [0.4, 0.5) is 16.0 Å². The molecule has 4 rings (SSSR count). The van der Waals surface area contributed by atoms with Crippen LogP contribution in [0.25, 0.3) is 0 Å². The van der Waals surface area contributed by atoms with Gasteiger partial charge in [-0.25, -0.2) is 4.98 Å². The lowest BCUT2D eigenvalue weighted by Gasteiger charge is -2.16. The first-order valence-corrected chi connectivity index (χ1v) is 12.0. The number of nitrogens with zero attached hydrogens (tertiary/aromatic N) is 4. The van der Waals surface area contributed by atoms with Gasteiger partial charge in [0, 0.05) is 24.0 Å². The molecule has 0 bridgehead atoms. The first-order valence-electron chi connectivity index (χ1n) is 9.32. The van der Waals surface area contributed by atoms with Crippen LogP contribution in [0.5, 0.6) is 0 Å². The number of hydrogen-bond acceptors (Lipinski definition) is 9. The molecule has 31 heavy (non-hydrogen) atoms. The normalized spacial score (nSPS) is 15.8. The number of carbonyl (C=O) groups is 3. The molecule has 12 heteroatoms. The monoisotopic (exact) mass is 474 g/mol. The summed E-state index contributed by atoms with van der Waals surface area (Å²) >= 11 is 3.79. The smallest absolute Gasteiger partial charge is 0.236 e. The van der Waals surface area contributed by atoms with Crippen molar-refractivity contribution in [3.63, 3.8) is 0 Å². The highest BCUT2D eigenvalue weighted by Gasteiger charge is 2.35. The van der Waals surface area contributed by atoms with E-state index in [0.717, 1.165) is 11.4 Å². The number of aromatic nitrogens is 3. The Balaban J connectivity index is 1.27. The van der Waals surface area contributed by atoms with Crippen LogP contribution >= 0.6 is 34.4 Å². The minimum absolute atomic E-state index is 0.0821. The lowest BCUT2D eigenvalue weighted by Crippen LogP contribution is -2.28. The quantitative estimate of drug-likeness (QED) is 0.399. The fraction of sp³-hybridized carbons (Fsp3) is 0.263. The van der Waals surface area contributed by atoms with E-state index in [-0.39, 0.29) is 29.9 Å². The Hall–Kier alpha value is -2.83. The number of hydrogen-bond donors (Lipinski definition) is 2. The van der Waals surface area contributed by atoms with Gasteiger partial charge in [0.15, 0.2) is 9.47 Å². The van der Waals surface area contributed by atoms with Gasteiger partial charge in [0.05, 0.1) is 17.4 Å². The Morgan fingerprint density at radius 1 is 1.19 bits per heavy atom. The van der Waals surface area contributed by atoms with E-state index in [9.17, 15) is 14.4 Å². The lowest BCUT2D eigenvalue weighted by atomic mass is 10.1. The van der Waals surface area contributed by atoms with E-state index in [1.54, 1.807) is 4.90 Å². The molecule has 0 radical (unpaired) electrons. The Labute approximate surface area is 190 Å². The molecule has 160 valence electrons. The molecule has 1 fully saturated rings. The highest BCUT2D eigenvalue weighted by molar-refractivity contribution is 8.01. The van der Waals surface area contributed by atoms with E-state index < -0.39 is 5.92 Å². The Morgan fingerprint density at radius 2 is 2.00 bits per heavy atom. The molecule has 1 saturated heterocycles. The number of carbonyl (C=O) groups excluding carboxylic acids is 3. The Bertz CT molecular complexity index is 1100. The summed E-state index contributed by atoms with van der Waals surface area (Å²) in [7, 11) is 0. The highest BCUT2D eigenvalue weighted by atomic mass is 32.2. The summed E-state index contributed by atoms with van der Waals surface area (Å²) in [4.78, 5) is 42.7. The minimum Gasteiger partial charge on any atom is -0.312 e. The number of aryl methyl sites for hydroxylation is 1. The number of rotatable bonds is 7. The summed E-state index contributed by atoms with van der Waals surface area (Å²) in [6.07, 6.45) is 0.150. The zero-order valence-electron chi connectivity index (χ0n) is 16.4. The van der Waals surface area contributed by atoms with Crippen molar-refractivity contribution in [2.24, 2.45) is 5.92 Å². The zero-order chi connectivity index (χ0) is 21.8. The first-order chi connectivity index (χ1) is 15.0. The van der Waals surface area contributed by atoms with Crippen molar-refractivity contribution in [2.75, 3.05) is 27.8 Å². The van der Waals surface area contributed by atoms with Crippen molar-refractivity contribution in [3.8, 4) is 0 Å². The van der Waals surface area contributed by atoms with Crippen LogP contribution in [-0.4, -0.2) is 45.2 Å². The maximum atomic E-state index is 12.6. The van der Waals surface area contributed by atoms with Crippen molar-refractivity contribution in [1.29, 1.82) is 0 Å². The fourth-order valence-corrected chi connectivity index (χ4v) is 5.22. The SMILES string of the molecule is Cc1csc(NC(=O)CSc2nnc(NC(=O)[C@H]3CC(=O)N(c4ccccc4)C3)s2)n1. The third-order valence-electron chi connectivity index (χ3n) is 4.39. The second kappa shape index (κ2) is 9.54.